The first kappa shape index (κ1) is 9.52. The van der Waals surface area contributed by atoms with E-state index in [4.69, 9.17) is 0 Å². The Kier molecular flexibility index (Phi) is 3.53. The number of carbonyl (C=O) groups is 1. The largest absolute Gasteiger partial charge is 0.356 e. The standard InChI is InChI=1S/C9H18N2O/c1-7(2)11-6-8-4-3-5-10-9(8)12/h7-8,11H,3-6H2,1-2H3,(H,10,12)/t8-/m0/s1. The van der Waals surface area contributed by atoms with Crippen molar-refractivity contribution in [3.8, 4) is 0 Å². The van der Waals surface area contributed by atoms with Gasteiger partial charge in [-0.05, 0) is 12.8 Å². The molecule has 3 heteroatoms. The molecule has 3 nitrogen and oxygen atoms in total. The van der Waals surface area contributed by atoms with Crippen molar-refractivity contribution in [1.82, 2.24) is 10.6 Å². The maximum absolute atomic E-state index is 11.3. The number of hydrogen-bond donors (Lipinski definition) is 2. The van der Waals surface area contributed by atoms with Gasteiger partial charge in [0.1, 0.15) is 0 Å². The van der Waals surface area contributed by atoms with E-state index in [9.17, 15) is 4.79 Å². The summed E-state index contributed by atoms with van der Waals surface area (Å²) in [6.07, 6.45) is 2.15. The van der Waals surface area contributed by atoms with E-state index in [-0.39, 0.29) is 11.8 Å². The van der Waals surface area contributed by atoms with Crippen LogP contribution in [0.25, 0.3) is 0 Å². The van der Waals surface area contributed by atoms with E-state index in [1.807, 2.05) is 0 Å². The van der Waals surface area contributed by atoms with Crippen molar-refractivity contribution in [2.75, 3.05) is 13.1 Å². The molecule has 1 aliphatic rings. The van der Waals surface area contributed by atoms with Crippen molar-refractivity contribution in [3.63, 3.8) is 0 Å². The van der Waals surface area contributed by atoms with E-state index in [1.165, 1.54) is 0 Å². The average Bonchev–Trinajstić information content (AvgIpc) is 2.03. The quantitative estimate of drug-likeness (QED) is 0.648. The van der Waals surface area contributed by atoms with Gasteiger partial charge in [0.2, 0.25) is 5.91 Å². The fourth-order valence-electron chi connectivity index (χ4n) is 1.41. The van der Waals surface area contributed by atoms with Crippen LogP contribution in [0.5, 0.6) is 0 Å². The summed E-state index contributed by atoms with van der Waals surface area (Å²) in [5, 5.41) is 6.16. The van der Waals surface area contributed by atoms with Crippen LogP contribution in [0.3, 0.4) is 0 Å². The molecule has 0 spiro atoms. The molecular weight excluding hydrogens is 152 g/mol. The average molecular weight is 170 g/mol. The Morgan fingerprint density at radius 1 is 1.67 bits per heavy atom. The first-order valence-corrected chi connectivity index (χ1v) is 4.71. The van der Waals surface area contributed by atoms with Crippen LogP contribution in [-0.2, 0) is 4.79 Å². The summed E-state index contributed by atoms with van der Waals surface area (Å²) >= 11 is 0. The predicted molar refractivity (Wildman–Crippen MR) is 48.9 cm³/mol. The van der Waals surface area contributed by atoms with Gasteiger partial charge in [-0.25, -0.2) is 0 Å². The molecule has 0 aromatic heterocycles. The van der Waals surface area contributed by atoms with Crippen LogP contribution in [0.4, 0.5) is 0 Å². The van der Waals surface area contributed by atoms with Crippen LogP contribution in [0.2, 0.25) is 0 Å². The zero-order valence-corrected chi connectivity index (χ0v) is 7.89. The molecular formula is C9H18N2O. The van der Waals surface area contributed by atoms with E-state index in [0.717, 1.165) is 25.9 Å². The van der Waals surface area contributed by atoms with Crippen LogP contribution in [-0.4, -0.2) is 25.0 Å². The van der Waals surface area contributed by atoms with Crippen LogP contribution < -0.4 is 10.6 Å². The van der Waals surface area contributed by atoms with Crippen LogP contribution in [0, 0.1) is 5.92 Å². The minimum atomic E-state index is 0.196. The van der Waals surface area contributed by atoms with Crippen LogP contribution >= 0.6 is 0 Å². The number of nitrogens with one attached hydrogen (secondary N) is 2. The third-order valence-corrected chi connectivity index (χ3v) is 2.17. The molecule has 0 aromatic carbocycles. The number of amides is 1. The molecule has 0 saturated carbocycles. The lowest BCUT2D eigenvalue weighted by Gasteiger charge is -2.22. The van der Waals surface area contributed by atoms with Gasteiger partial charge < -0.3 is 10.6 Å². The topological polar surface area (TPSA) is 41.1 Å². The zero-order valence-electron chi connectivity index (χ0n) is 7.89. The molecule has 1 aliphatic heterocycles. The Labute approximate surface area is 73.9 Å². The smallest absolute Gasteiger partial charge is 0.224 e. The molecule has 1 atom stereocenters. The number of piperidine rings is 1. The molecule has 12 heavy (non-hydrogen) atoms. The summed E-state index contributed by atoms with van der Waals surface area (Å²) in [4.78, 5) is 11.3. The summed E-state index contributed by atoms with van der Waals surface area (Å²) in [6.45, 7) is 5.88. The van der Waals surface area contributed by atoms with E-state index < -0.39 is 0 Å². The molecule has 70 valence electrons. The first-order valence-electron chi connectivity index (χ1n) is 4.71. The molecule has 0 unspecified atom stereocenters. The summed E-state index contributed by atoms with van der Waals surface area (Å²) < 4.78 is 0. The highest BCUT2D eigenvalue weighted by Gasteiger charge is 2.21. The van der Waals surface area contributed by atoms with Crippen LogP contribution in [0.1, 0.15) is 26.7 Å². The summed E-state index contributed by atoms with van der Waals surface area (Å²) in [6, 6.07) is 0.472. The summed E-state index contributed by atoms with van der Waals surface area (Å²) in [5.74, 6) is 0.413. The second-order valence-corrected chi connectivity index (χ2v) is 3.69. The highest BCUT2D eigenvalue weighted by molar-refractivity contribution is 5.79. The third-order valence-electron chi connectivity index (χ3n) is 2.17. The predicted octanol–water partition coefficient (Wildman–Crippen LogP) is 0.511. The summed E-state index contributed by atoms with van der Waals surface area (Å²) in [5.41, 5.74) is 0. The molecule has 1 saturated heterocycles. The van der Waals surface area contributed by atoms with Gasteiger partial charge in [0, 0.05) is 19.1 Å². The molecule has 0 aromatic rings. The van der Waals surface area contributed by atoms with Crippen molar-refractivity contribution < 1.29 is 4.79 Å². The lowest BCUT2D eigenvalue weighted by atomic mass is 9.98. The van der Waals surface area contributed by atoms with E-state index in [2.05, 4.69) is 24.5 Å². The molecule has 1 fully saturated rings. The van der Waals surface area contributed by atoms with Crippen molar-refractivity contribution in [2.24, 2.45) is 5.92 Å². The third kappa shape index (κ3) is 2.81. The van der Waals surface area contributed by atoms with Crippen LogP contribution in [0.15, 0.2) is 0 Å². The van der Waals surface area contributed by atoms with Gasteiger partial charge in [-0.1, -0.05) is 13.8 Å². The Bertz CT molecular complexity index is 157. The zero-order chi connectivity index (χ0) is 8.97. The van der Waals surface area contributed by atoms with Crippen molar-refractivity contribution in [3.05, 3.63) is 0 Å². The maximum Gasteiger partial charge on any atom is 0.224 e. The Morgan fingerprint density at radius 2 is 2.42 bits per heavy atom. The van der Waals surface area contributed by atoms with E-state index in [1.54, 1.807) is 0 Å². The van der Waals surface area contributed by atoms with E-state index >= 15 is 0 Å². The number of rotatable bonds is 3. The van der Waals surface area contributed by atoms with Crippen molar-refractivity contribution in [2.45, 2.75) is 32.7 Å². The lowest BCUT2D eigenvalue weighted by molar-refractivity contribution is -0.126. The first-order chi connectivity index (χ1) is 5.70. The van der Waals surface area contributed by atoms with Gasteiger partial charge in [0.05, 0.1) is 5.92 Å². The van der Waals surface area contributed by atoms with Crippen molar-refractivity contribution in [1.29, 1.82) is 0 Å². The van der Waals surface area contributed by atoms with E-state index in [0.29, 0.717) is 6.04 Å². The molecule has 1 amide bonds. The second-order valence-electron chi connectivity index (χ2n) is 3.69. The summed E-state index contributed by atoms with van der Waals surface area (Å²) in [7, 11) is 0. The molecule has 0 aliphatic carbocycles. The number of carbonyl (C=O) groups excluding carboxylic acids is 1. The highest BCUT2D eigenvalue weighted by Crippen LogP contribution is 2.09. The lowest BCUT2D eigenvalue weighted by Crippen LogP contribution is -2.42. The van der Waals surface area contributed by atoms with Gasteiger partial charge in [0.25, 0.3) is 0 Å². The van der Waals surface area contributed by atoms with Gasteiger partial charge in [-0.3, -0.25) is 4.79 Å². The fourth-order valence-corrected chi connectivity index (χ4v) is 1.41. The van der Waals surface area contributed by atoms with Gasteiger partial charge in [0.15, 0.2) is 0 Å². The van der Waals surface area contributed by atoms with Gasteiger partial charge in [-0.2, -0.15) is 0 Å². The molecule has 2 N–H and O–H groups in total. The van der Waals surface area contributed by atoms with Gasteiger partial charge >= 0.3 is 0 Å². The van der Waals surface area contributed by atoms with Crippen molar-refractivity contribution >= 4 is 5.91 Å². The molecule has 0 radical (unpaired) electrons. The molecule has 1 rings (SSSR count). The Hall–Kier alpha value is -0.570. The minimum absolute atomic E-state index is 0.196. The minimum Gasteiger partial charge on any atom is -0.356 e. The van der Waals surface area contributed by atoms with Gasteiger partial charge in [-0.15, -0.1) is 0 Å². The number of hydrogen-bond acceptors (Lipinski definition) is 2. The Morgan fingerprint density at radius 3 is 3.00 bits per heavy atom. The SMILES string of the molecule is CC(C)NC[C@@H]1CCCNC1=O. The molecule has 0 bridgehead atoms. The monoisotopic (exact) mass is 170 g/mol. The fraction of sp³-hybridized carbons (Fsp3) is 0.889. The molecule has 1 heterocycles. The highest BCUT2D eigenvalue weighted by atomic mass is 16.1. The Balaban J connectivity index is 2.25. The normalized spacial score (nSPS) is 24.2. The maximum atomic E-state index is 11.3. The second kappa shape index (κ2) is 4.45.